The van der Waals surface area contributed by atoms with E-state index < -0.39 is 0 Å². The molecule has 25 heavy (non-hydrogen) atoms. The molecule has 1 fully saturated rings. The zero-order valence-corrected chi connectivity index (χ0v) is 15.7. The Labute approximate surface area is 151 Å². The Morgan fingerprint density at radius 3 is 2.24 bits per heavy atom. The molecule has 1 amide bonds. The van der Waals surface area contributed by atoms with Crippen LogP contribution in [0.4, 0.5) is 5.69 Å². The van der Waals surface area contributed by atoms with Crippen molar-refractivity contribution in [3.05, 3.63) is 53.4 Å². The summed E-state index contributed by atoms with van der Waals surface area (Å²) in [5, 5.41) is 2.89. The summed E-state index contributed by atoms with van der Waals surface area (Å²) in [5.74, 6) is -0.104. The van der Waals surface area contributed by atoms with Crippen LogP contribution in [0.15, 0.2) is 47.8 Å². The molecule has 1 aliphatic heterocycles. The molecule has 5 nitrogen and oxygen atoms in total. The summed E-state index contributed by atoms with van der Waals surface area (Å²) in [5.41, 5.74) is 13.8. The second-order valence-electron chi connectivity index (χ2n) is 5.58. The van der Waals surface area contributed by atoms with Gasteiger partial charge in [0.1, 0.15) is 0 Å². The molecule has 0 bridgehead atoms. The number of carbonyl (C=O) groups excluding carboxylic acids is 1. The van der Waals surface area contributed by atoms with Crippen molar-refractivity contribution in [3.8, 4) is 0 Å². The number of carbonyl (C=O) groups is 1. The van der Waals surface area contributed by atoms with Crippen molar-refractivity contribution in [3.63, 3.8) is 0 Å². The number of anilines is 1. The Bertz CT molecular complexity index is 584. The molecule has 0 radical (unpaired) electrons. The number of hydrogen-bond acceptors (Lipinski definition) is 4. The molecule has 1 aromatic carbocycles. The van der Waals surface area contributed by atoms with Crippen LogP contribution in [0.3, 0.4) is 0 Å². The zero-order valence-electron chi connectivity index (χ0n) is 15.7. The van der Waals surface area contributed by atoms with Gasteiger partial charge >= 0.3 is 0 Å². The van der Waals surface area contributed by atoms with Crippen molar-refractivity contribution in [2.45, 2.75) is 39.5 Å². The monoisotopic (exact) mass is 344 g/mol. The van der Waals surface area contributed by atoms with E-state index >= 15 is 0 Å². The highest BCUT2D eigenvalue weighted by atomic mass is 16.1. The average molecular weight is 345 g/mol. The first-order valence-electron chi connectivity index (χ1n) is 9.13. The minimum Gasteiger partial charge on any atom is -0.400 e. The van der Waals surface area contributed by atoms with E-state index in [2.05, 4.69) is 16.0 Å². The van der Waals surface area contributed by atoms with Gasteiger partial charge < -0.3 is 21.7 Å². The number of hydrogen-bond donors (Lipinski definition) is 3. The molecule has 5 heteroatoms. The first-order chi connectivity index (χ1) is 12.2. The third kappa shape index (κ3) is 5.94. The molecule has 0 saturated carbocycles. The van der Waals surface area contributed by atoms with Crippen molar-refractivity contribution >= 4 is 11.6 Å². The van der Waals surface area contributed by atoms with E-state index in [9.17, 15) is 4.79 Å². The van der Waals surface area contributed by atoms with Crippen molar-refractivity contribution in [2.24, 2.45) is 11.5 Å². The van der Waals surface area contributed by atoms with Crippen molar-refractivity contribution < 1.29 is 4.79 Å². The molecule has 3 rings (SSSR count). The number of nitrogens with one attached hydrogen (secondary N) is 1. The maximum atomic E-state index is 12.2. The number of allylic oxidation sites excluding steroid dienone is 3. The summed E-state index contributed by atoms with van der Waals surface area (Å²) in [6.45, 7) is 6.22. The summed E-state index contributed by atoms with van der Waals surface area (Å²) in [4.78, 5) is 14.6. The van der Waals surface area contributed by atoms with Gasteiger partial charge in [0.25, 0.3) is 5.91 Å². The maximum absolute atomic E-state index is 12.2. The van der Waals surface area contributed by atoms with Crippen LogP contribution in [0.1, 0.15) is 49.9 Å². The van der Waals surface area contributed by atoms with E-state index in [4.69, 9.17) is 5.73 Å². The Morgan fingerprint density at radius 2 is 1.68 bits per heavy atom. The Hall–Kier alpha value is -2.27. The second kappa shape index (κ2) is 11.3. The van der Waals surface area contributed by atoms with Crippen LogP contribution >= 0.6 is 0 Å². The van der Waals surface area contributed by atoms with Gasteiger partial charge in [0.05, 0.1) is 5.70 Å². The molecule has 0 aromatic heterocycles. The summed E-state index contributed by atoms with van der Waals surface area (Å²) < 4.78 is 0. The highest BCUT2D eigenvalue weighted by Crippen LogP contribution is 2.20. The van der Waals surface area contributed by atoms with Gasteiger partial charge in [-0.25, -0.2) is 0 Å². The van der Waals surface area contributed by atoms with E-state index in [-0.39, 0.29) is 5.91 Å². The lowest BCUT2D eigenvalue weighted by molar-refractivity contribution is 0.0966. The molecular formula is C20H32N4O. The summed E-state index contributed by atoms with van der Waals surface area (Å²) in [6, 6.07) is 7.81. The van der Waals surface area contributed by atoms with Crippen LogP contribution in [0.2, 0.25) is 0 Å². The van der Waals surface area contributed by atoms with Crippen molar-refractivity contribution in [1.82, 2.24) is 5.32 Å². The Kier molecular flexibility index (Phi) is 9.40. The number of amides is 1. The Morgan fingerprint density at radius 1 is 1.08 bits per heavy atom. The fourth-order valence-electron chi connectivity index (χ4n) is 2.80. The van der Waals surface area contributed by atoms with Crippen LogP contribution in [0.5, 0.6) is 0 Å². The minimum atomic E-state index is -0.104. The van der Waals surface area contributed by atoms with Crippen molar-refractivity contribution in [1.29, 1.82) is 0 Å². The van der Waals surface area contributed by atoms with Gasteiger partial charge in [0.15, 0.2) is 0 Å². The average Bonchev–Trinajstić information content (AvgIpc) is 3.22. The number of benzene rings is 1. The molecule has 1 heterocycles. The van der Waals surface area contributed by atoms with Crippen molar-refractivity contribution in [2.75, 3.05) is 25.0 Å². The lowest BCUT2D eigenvalue weighted by atomic mass is 10.1. The Balaban J connectivity index is 0.000000730. The van der Waals surface area contributed by atoms with E-state index in [0.29, 0.717) is 5.56 Å². The normalized spacial score (nSPS) is 15.8. The standard InChI is InChI=1S/C17H21N3O.C2H6.CH5N/c18-15-5-1-2-6-16(15)19-17(21)13-7-9-14(10-8-13)20-11-3-4-12-20;2*1-2/h2,6-10H,1,3-5,11-12,18H2,(H,19,21);1-2H3;2H2,1H3. The topological polar surface area (TPSA) is 84.4 Å². The molecule has 0 spiro atoms. The molecule has 1 aromatic rings. The quantitative estimate of drug-likeness (QED) is 0.786. The number of nitrogens with zero attached hydrogens (tertiary/aromatic N) is 1. The zero-order chi connectivity index (χ0) is 18.7. The van der Waals surface area contributed by atoms with Gasteiger partial charge in [0.2, 0.25) is 0 Å². The third-order valence-corrected chi connectivity index (χ3v) is 4.06. The first kappa shape index (κ1) is 20.8. The smallest absolute Gasteiger partial charge is 0.255 e. The fourth-order valence-corrected chi connectivity index (χ4v) is 2.80. The largest absolute Gasteiger partial charge is 0.400 e. The lowest BCUT2D eigenvalue weighted by Crippen LogP contribution is -2.26. The SMILES string of the molecule is CC.CN.NC1=C(NC(=O)c2ccc(N3CCCC3)cc2)C=CCC1. The summed E-state index contributed by atoms with van der Waals surface area (Å²) in [7, 11) is 1.50. The van der Waals surface area contributed by atoms with Crippen LogP contribution in [-0.4, -0.2) is 26.0 Å². The van der Waals surface area contributed by atoms with Gasteiger partial charge in [-0.05, 0) is 63.1 Å². The highest BCUT2D eigenvalue weighted by molar-refractivity contribution is 5.96. The van der Waals surface area contributed by atoms with Gasteiger partial charge in [-0.3, -0.25) is 4.79 Å². The van der Waals surface area contributed by atoms with Gasteiger partial charge in [-0.1, -0.05) is 19.9 Å². The van der Waals surface area contributed by atoms with E-state index in [1.807, 2.05) is 50.3 Å². The van der Waals surface area contributed by atoms with E-state index in [0.717, 1.165) is 37.3 Å². The maximum Gasteiger partial charge on any atom is 0.255 e. The number of nitrogens with two attached hydrogens (primary N) is 2. The van der Waals surface area contributed by atoms with Crippen LogP contribution in [0.25, 0.3) is 0 Å². The van der Waals surface area contributed by atoms with Gasteiger partial charge in [-0.15, -0.1) is 0 Å². The van der Waals surface area contributed by atoms with Crippen LogP contribution in [0, 0.1) is 0 Å². The van der Waals surface area contributed by atoms with E-state index in [1.165, 1.54) is 25.6 Å². The molecule has 1 saturated heterocycles. The van der Waals surface area contributed by atoms with Crippen LogP contribution in [-0.2, 0) is 0 Å². The first-order valence-corrected chi connectivity index (χ1v) is 9.13. The predicted octanol–water partition coefficient (Wildman–Crippen LogP) is 3.14. The molecule has 0 atom stereocenters. The highest BCUT2D eigenvalue weighted by Gasteiger charge is 2.14. The van der Waals surface area contributed by atoms with E-state index in [1.54, 1.807) is 0 Å². The fraction of sp³-hybridized carbons (Fsp3) is 0.450. The molecule has 138 valence electrons. The second-order valence-corrected chi connectivity index (χ2v) is 5.58. The van der Waals surface area contributed by atoms with Gasteiger partial charge in [-0.2, -0.15) is 0 Å². The third-order valence-electron chi connectivity index (χ3n) is 4.06. The molecular weight excluding hydrogens is 312 g/mol. The lowest BCUT2D eigenvalue weighted by Gasteiger charge is -2.18. The predicted molar refractivity (Wildman–Crippen MR) is 106 cm³/mol. The number of rotatable bonds is 3. The molecule has 5 N–H and O–H groups in total. The summed E-state index contributed by atoms with van der Waals surface area (Å²) >= 11 is 0. The van der Waals surface area contributed by atoms with Gasteiger partial charge in [0, 0.05) is 30.0 Å². The van der Waals surface area contributed by atoms with Crippen LogP contribution < -0.4 is 21.7 Å². The molecule has 1 aliphatic carbocycles. The minimum absolute atomic E-state index is 0.104. The molecule has 0 unspecified atom stereocenters. The summed E-state index contributed by atoms with van der Waals surface area (Å²) in [6.07, 6.45) is 8.16. The molecule has 2 aliphatic rings.